The number of rotatable bonds is 5. The lowest BCUT2D eigenvalue weighted by atomic mass is 9.97. The Balaban J connectivity index is 1.09. The minimum Gasteiger partial charge on any atom is -0.455 e. The molecule has 0 saturated carbocycles. The van der Waals surface area contributed by atoms with E-state index in [2.05, 4.69) is 132 Å². The summed E-state index contributed by atoms with van der Waals surface area (Å²) in [7, 11) is 0. The molecule has 11 rings (SSSR count). The fourth-order valence-electron chi connectivity index (χ4n) is 7.73. The molecule has 0 radical (unpaired) electrons. The molecule has 0 atom stereocenters. The first-order valence-corrected chi connectivity index (χ1v) is 18.6. The molecule has 7 aromatic carbocycles. The summed E-state index contributed by atoms with van der Waals surface area (Å²) in [5.41, 5.74) is 13.7. The van der Waals surface area contributed by atoms with Gasteiger partial charge in [-0.05, 0) is 47.5 Å². The van der Waals surface area contributed by atoms with Gasteiger partial charge in [0.15, 0.2) is 5.82 Å². The molecule has 0 spiro atoms. The number of para-hydroxylation sites is 3. The number of nitrogens with zero attached hydrogens (tertiary/aromatic N) is 3. The van der Waals surface area contributed by atoms with Crippen molar-refractivity contribution in [2.45, 2.75) is 0 Å². The van der Waals surface area contributed by atoms with Crippen LogP contribution in [-0.2, 0) is 0 Å². The van der Waals surface area contributed by atoms with Crippen molar-refractivity contribution in [3.63, 3.8) is 0 Å². The van der Waals surface area contributed by atoms with E-state index >= 15 is 0 Å². The highest BCUT2D eigenvalue weighted by molar-refractivity contribution is 7.24. The summed E-state index contributed by atoms with van der Waals surface area (Å²) in [5, 5.41) is 3.48. The molecule has 0 aliphatic heterocycles. The Morgan fingerprint density at radius 3 is 1.91 bits per heavy atom. The van der Waals surface area contributed by atoms with Crippen LogP contribution in [0, 0.1) is 0 Å². The summed E-state index contributed by atoms with van der Waals surface area (Å²) in [6.07, 6.45) is 0. The van der Waals surface area contributed by atoms with Crippen molar-refractivity contribution in [1.29, 1.82) is 0 Å². The maximum atomic E-state index is 6.48. The van der Waals surface area contributed by atoms with E-state index in [-0.39, 0.29) is 0 Å². The number of fused-ring (bicyclic) bond motifs is 8. The number of aromatic nitrogens is 3. The van der Waals surface area contributed by atoms with Crippen LogP contribution in [0.25, 0.3) is 104 Å². The lowest BCUT2D eigenvalue weighted by molar-refractivity contribution is 0.670. The number of hydrogen-bond donors (Lipinski definition) is 0. The maximum Gasteiger partial charge on any atom is 0.160 e. The van der Waals surface area contributed by atoms with E-state index in [0.29, 0.717) is 5.82 Å². The SMILES string of the molecule is c1ccc(-c2cc(-c3ccc(-c4c5cc(-c6cccc7c6oc6ccccc67)ccc5n5c4sc4ccccc45)cc3)nc(-c3ccccc3)n2)cc1. The van der Waals surface area contributed by atoms with E-state index in [1.54, 1.807) is 0 Å². The molecule has 5 heteroatoms. The van der Waals surface area contributed by atoms with E-state index in [9.17, 15) is 0 Å². The molecule has 11 aromatic rings. The topological polar surface area (TPSA) is 43.3 Å². The third-order valence-electron chi connectivity index (χ3n) is 10.2. The summed E-state index contributed by atoms with van der Waals surface area (Å²) in [6.45, 7) is 0. The first-order chi connectivity index (χ1) is 26.3. The number of benzene rings is 7. The summed E-state index contributed by atoms with van der Waals surface area (Å²) in [4.78, 5) is 11.3. The molecular formula is C48H29N3OS. The minimum atomic E-state index is 0.712. The molecule has 0 aliphatic carbocycles. The van der Waals surface area contributed by atoms with E-state index in [1.165, 1.54) is 31.5 Å². The molecule has 0 amide bonds. The van der Waals surface area contributed by atoms with Gasteiger partial charge in [-0.25, -0.2) is 9.97 Å². The second kappa shape index (κ2) is 11.9. The van der Waals surface area contributed by atoms with Gasteiger partial charge in [0.1, 0.15) is 16.0 Å². The van der Waals surface area contributed by atoms with E-state index in [4.69, 9.17) is 14.4 Å². The van der Waals surface area contributed by atoms with Gasteiger partial charge in [0.25, 0.3) is 0 Å². The summed E-state index contributed by atoms with van der Waals surface area (Å²) in [5.74, 6) is 0.712. The fourth-order valence-corrected chi connectivity index (χ4v) is 8.97. The van der Waals surface area contributed by atoms with Gasteiger partial charge in [-0.3, -0.25) is 4.40 Å². The van der Waals surface area contributed by atoms with Crippen LogP contribution in [0.1, 0.15) is 0 Å². The van der Waals surface area contributed by atoms with Crippen molar-refractivity contribution in [2.75, 3.05) is 0 Å². The van der Waals surface area contributed by atoms with Crippen LogP contribution >= 0.6 is 11.3 Å². The molecule has 4 nitrogen and oxygen atoms in total. The van der Waals surface area contributed by atoms with E-state index < -0.39 is 0 Å². The van der Waals surface area contributed by atoms with Crippen LogP contribution in [0.2, 0.25) is 0 Å². The summed E-state index contributed by atoms with van der Waals surface area (Å²) in [6, 6.07) is 61.8. The minimum absolute atomic E-state index is 0.712. The Hall–Kier alpha value is -6.82. The highest BCUT2D eigenvalue weighted by atomic mass is 32.1. The van der Waals surface area contributed by atoms with E-state index in [0.717, 1.165) is 66.7 Å². The van der Waals surface area contributed by atoms with Crippen LogP contribution in [-0.4, -0.2) is 14.4 Å². The van der Waals surface area contributed by atoms with Crippen molar-refractivity contribution in [1.82, 2.24) is 14.4 Å². The first kappa shape index (κ1) is 29.9. The Morgan fingerprint density at radius 1 is 0.453 bits per heavy atom. The summed E-state index contributed by atoms with van der Waals surface area (Å²) >= 11 is 1.84. The standard InChI is InChI=1S/C48H29N3OS/c1-3-12-30(13-4-1)39-29-40(50-47(49-39)33-14-5-2-6-15-33)31-22-24-32(25-23-31)45-38-28-34(26-27-41(38)51-42-19-8-10-21-44(42)53-48(45)51)35-17-11-18-37-36-16-7-9-20-43(36)52-46(35)37/h1-29H. The van der Waals surface area contributed by atoms with Crippen molar-refractivity contribution < 1.29 is 4.42 Å². The van der Waals surface area contributed by atoms with Gasteiger partial charge in [-0.2, -0.15) is 0 Å². The molecule has 0 fully saturated rings. The maximum absolute atomic E-state index is 6.48. The predicted molar refractivity (Wildman–Crippen MR) is 220 cm³/mol. The van der Waals surface area contributed by atoms with Crippen LogP contribution in [0.15, 0.2) is 180 Å². The Kier molecular flexibility index (Phi) is 6.69. The zero-order valence-corrected chi connectivity index (χ0v) is 29.2. The quantitative estimate of drug-likeness (QED) is 0.180. The molecule has 53 heavy (non-hydrogen) atoms. The van der Waals surface area contributed by atoms with Gasteiger partial charge >= 0.3 is 0 Å². The van der Waals surface area contributed by atoms with Gasteiger partial charge in [-0.15, -0.1) is 11.3 Å². The second-order valence-electron chi connectivity index (χ2n) is 13.4. The van der Waals surface area contributed by atoms with Crippen molar-refractivity contribution >= 4 is 59.2 Å². The van der Waals surface area contributed by atoms with E-state index in [1.807, 2.05) is 59.9 Å². The van der Waals surface area contributed by atoms with Gasteiger partial charge in [0.05, 0.1) is 27.1 Å². The largest absolute Gasteiger partial charge is 0.455 e. The lowest BCUT2D eigenvalue weighted by Gasteiger charge is -2.10. The predicted octanol–water partition coefficient (Wildman–Crippen LogP) is 13.3. The highest BCUT2D eigenvalue weighted by Gasteiger charge is 2.21. The zero-order chi connectivity index (χ0) is 34.9. The Morgan fingerprint density at radius 2 is 1.09 bits per heavy atom. The summed E-state index contributed by atoms with van der Waals surface area (Å²) < 4.78 is 10.2. The lowest BCUT2D eigenvalue weighted by Crippen LogP contribution is -1.95. The first-order valence-electron chi connectivity index (χ1n) is 17.7. The number of hydrogen-bond acceptors (Lipinski definition) is 4. The van der Waals surface area contributed by atoms with Crippen LogP contribution < -0.4 is 0 Å². The van der Waals surface area contributed by atoms with Crippen molar-refractivity contribution in [3.8, 4) is 56.2 Å². The van der Waals surface area contributed by atoms with Gasteiger partial charge in [0, 0.05) is 44.0 Å². The van der Waals surface area contributed by atoms with Gasteiger partial charge in [0.2, 0.25) is 0 Å². The monoisotopic (exact) mass is 695 g/mol. The van der Waals surface area contributed by atoms with Gasteiger partial charge in [-0.1, -0.05) is 140 Å². The van der Waals surface area contributed by atoms with Gasteiger partial charge < -0.3 is 4.42 Å². The molecule has 0 N–H and O–H groups in total. The molecule has 0 aliphatic rings. The van der Waals surface area contributed by atoms with Crippen LogP contribution in [0.4, 0.5) is 0 Å². The Bertz CT molecular complexity index is 3100. The molecular weight excluding hydrogens is 667 g/mol. The average molecular weight is 696 g/mol. The van der Waals surface area contributed by atoms with Crippen molar-refractivity contribution in [3.05, 3.63) is 176 Å². The number of furan rings is 1. The van der Waals surface area contributed by atoms with Crippen LogP contribution in [0.3, 0.4) is 0 Å². The third-order valence-corrected chi connectivity index (χ3v) is 11.4. The molecule has 0 saturated heterocycles. The normalized spacial score (nSPS) is 11.8. The van der Waals surface area contributed by atoms with Crippen LogP contribution in [0.5, 0.6) is 0 Å². The second-order valence-corrected chi connectivity index (χ2v) is 14.4. The highest BCUT2D eigenvalue weighted by Crippen LogP contribution is 2.45. The fraction of sp³-hybridized carbons (Fsp3) is 0. The van der Waals surface area contributed by atoms with Crippen molar-refractivity contribution in [2.24, 2.45) is 0 Å². The molecule has 4 heterocycles. The Labute approximate surface area is 308 Å². The zero-order valence-electron chi connectivity index (χ0n) is 28.4. The molecule has 4 aromatic heterocycles. The third kappa shape index (κ3) is 4.82. The number of thiazole rings is 1. The molecule has 0 bridgehead atoms. The molecule has 0 unspecified atom stereocenters. The average Bonchev–Trinajstić information content (AvgIpc) is 3.90. The molecule has 248 valence electrons. The smallest absolute Gasteiger partial charge is 0.160 e.